The highest BCUT2D eigenvalue weighted by Crippen LogP contribution is 2.44. The lowest BCUT2D eigenvalue weighted by Gasteiger charge is -2.45. The Balaban J connectivity index is 1.42. The molecule has 1 saturated heterocycles. The van der Waals surface area contributed by atoms with Gasteiger partial charge in [0, 0.05) is 12.0 Å². The summed E-state index contributed by atoms with van der Waals surface area (Å²) in [5, 5.41) is 0. The number of likely N-dealkylation sites (tertiary alicyclic amines) is 1. The normalized spacial score (nSPS) is 25.1. The van der Waals surface area contributed by atoms with Crippen molar-refractivity contribution in [2.45, 2.75) is 89.5 Å². The van der Waals surface area contributed by atoms with Crippen LogP contribution < -0.4 is 4.74 Å². The minimum Gasteiger partial charge on any atom is -0.488 e. The van der Waals surface area contributed by atoms with Crippen molar-refractivity contribution < 1.29 is 23.8 Å². The van der Waals surface area contributed by atoms with E-state index < -0.39 is 23.7 Å². The maximum absolute atomic E-state index is 12.8. The van der Waals surface area contributed by atoms with Crippen LogP contribution in [0.5, 0.6) is 5.75 Å². The van der Waals surface area contributed by atoms with Crippen molar-refractivity contribution in [1.82, 2.24) is 9.80 Å². The number of rotatable bonds is 7. The third-order valence-corrected chi connectivity index (χ3v) is 8.40. The first kappa shape index (κ1) is 29.9. The van der Waals surface area contributed by atoms with Gasteiger partial charge in [-0.2, -0.15) is 0 Å². The molecule has 2 aromatic carbocycles. The van der Waals surface area contributed by atoms with Gasteiger partial charge in [0.25, 0.3) is 0 Å². The van der Waals surface area contributed by atoms with Gasteiger partial charge in [-0.05, 0) is 109 Å². The molecule has 1 aliphatic carbocycles. The van der Waals surface area contributed by atoms with Gasteiger partial charge in [-0.1, -0.05) is 36.4 Å². The molecular weight excluding hydrogens is 504 g/mol. The Bertz CT molecular complexity index is 1170. The fraction of sp³-hybridized carbons (Fsp3) is 0.576. The van der Waals surface area contributed by atoms with E-state index in [4.69, 9.17) is 14.2 Å². The number of carbonyl (C=O) groups excluding carboxylic acids is 2. The minimum atomic E-state index is -0.724. The van der Waals surface area contributed by atoms with Crippen LogP contribution in [0, 0.1) is 12.8 Å². The molecule has 0 unspecified atom stereocenters. The first-order chi connectivity index (χ1) is 18.9. The molecule has 0 bridgehead atoms. The fourth-order valence-electron chi connectivity index (χ4n) is 6.40. The SMILES string of the molecule is COC(=O)[C@@H]1C[C@H](Oc2cc(C)cc(C[C@H]3CC[C@](c4ccccc4)(N(C)C)CC3)c2)CN1C(=O)OC(C)(C)C. The second-order valence-electron chi connectivity index (χ2n) is 12.7. The lowest BCUT2D eigenvalue weighted by Crippen LogP contribution is -2.44. The summed E-state index contributed by atoms with van der Waals surface area (Å²) in [6.45, 7) is 7.79. The summed E-state index contributed by atoms with van der Waals surface area (Å²) in [4.78, 5) is 29.1. The molecule has 0 radical (unpaired) electrons. The zero-order valence-electron chi connectivity index (χ0n) is 25.2. The van der Waals surface area contributed by atoms with Crippen LogP contribution in [0.1, 0.15) is 69.6 Å². The van der Waals surface area contributed by atoms with Crippen molar-refractivity contribution in [3.05, 3.63) is 65.2 Å². The van der Waals surface area contributed by atoms with Gasteiger partial charge in [-0.15, -0.1) is 0 Å². The van der Waals surface area contributed by atoms with Gasteiger partial charge in [0.15, 0.2) is 0 Å². The molecule has 1 aliphatic heterocycles. The summed E-state index contributed by atoms with van der Waals surface area (Å²) in [6.07, 6.45) is 5.15. The molecule has 1 heterocycles. The summed E-state index contributed by atoms with van der Waals surface area (Å²) >= 11 is 0. The highest BCUT2D eigenvalue weighted by molar-refractivity contribution is 5.82. The Kier molecular flexibility index (Phi) is 9.13. The van der Waals surface area contributed by atoms with E-state index in [1.54, 1.807) is 0 Å². The number of carbonyl (C=O) groups is 2. The molecule has 7 nitrogen and oxygen atoms in total. The number of benzene rings is 2. The molecule has 7 heteroatoms. The minimum absolute atomic E-state index is 0.0945. The second kappa shape index (κ2) is 12.2. The van der Waals surface area contributed by atoms with Crippen molar-refractivity contribution in [3.8, 4) is 5.75 Å². The average molecular weight is 551 g/mol. The largest absolute Gasteiger partial charge is 0.488 e. The Morgan fingerprint density at radius 3 is 2.33 bits per heavy atom. The van der Waals surface area contributed by atoms with Crippen molar-refractivity contribution in [3.63, 3.8) is 0 Å². The number of methoxy groups -OCH3 is 1. The van der Waals surface area contributed by atoms with E-state index in [1.165, 1.54) is 36.0 Å². The van der Waals surface area contributed by atoms with Crippen LogP contribution in [-0.2, 0) is 26.2 Å². The quantitative estimate of drug-likeness (QED) is 0.387. The molecule has 2 fully saturated rings. The highest BCUT2D eigenvalue weighted by Gasteiger charge is 2.43. The Morgan fingerprint density at radius 1 is 1.05 bits per heavy atom. The average Bonchev–Trinajstić information content (AvgIpc) is 3.32. The molecule has 4 rings (SSSR count). The third-order valence-electron chi connectivity index (χ3n) is 8.40. The van der Waals surface area contributed by atoms with E-state index >= 15 is 0 Å². The van der Waals surface area contributed by atoms with Crippen LogP contribution in [0.3, 0.4) is 0 Å². The van der Waals surface area contributed by atoms with E-state index in [0.29, 0.717) is 12.3 Å². The number of amides is 1. The number of hydrogen-bond acceptors (Lipinski definition) is 6. The molecule has 1 saturated carbocycles. The summed E-state index contributed by atoms with van der Waals surface area (Å²) in [5.74, 6) is 0.935. The molecule has 218 valence electrons. The van der Waals surface area contributed by atoms with Crippen LogP contribution in [0.25, 0.3) is 0 Å². The Labute approximate surface area is 239 Å². The molecular formula is C33H46N2O5. The van der Waals surface area contributed by atoms with E-state index in [1.807, 2.05) is 26.8 Å². The van der Waals surface area contributed by atoms with Crippen molar-refractivity contribution >= 4 is 12.1 Å². The van der Waals surface area contributed by atoms with E-state index in [2.05, 4.69) is 68.4 Å². The zero-order chi connectivity index (χ0) is 29.1. The first-order valence-corrected chi connectivity index (χ1v) is 14.5. The van der Waals surface area contributed by atoms with Gasteiger partial charge in [0.2, 0.25) is 0 Å². The molecule has 1 amide bonds. The predicted molar refractivity (Wildman–Crippen MR) is 156 cm³/mol. The lowest BCUT2D eigenvalue weighted by atomic mass is 9.70. The van der Waals surface area contributed by atoms with Crippen molar-refractivity contribution in [2.75, 3.05) is 27.7 Å². The number of nitrogens with zero attached hydrogens (tertiary/aromatic N) is 2. The molecule has 2 aliphatic rings. The fourth-order valence-corrected chi connectivity index (χ4v) is 6.40. The number of aryl methyl sites for hydroxylation is 1. The van der Waals surface area contributed by atoms with E-state index in [9.17, 15) is 9.59 Å². The van der Waals surface area contributed by atoms with Gasteiger partial charge < -0.3 is 14.2 Å². The molecule has 2 aromatic rings. The van der Waals surface area contributed by atoms with Crippen LogP contribution in [0.15, 0.2) is 48.5 Å². The highest BCUT2D eigenvalue weighted by atomic mass is 16.6. The van der Waals surface area contributed by atoms with Gasteiger partial charge in [0.1, 0.15) is 23.5 Å². The summed E-state index contributed by atoms with van der Waals surface area (Å²) in [6, 6.07) is 16.6. The molecule has 40 heavy (non-hydrogen) atoms. The second-order valence-corrected chi connectivity index (χ2v) is 12.7. The van der Waals surface area contributed by atoms with E-state index in [-0.39, 0.29) is 18.2 Å². The van der Waals surface area contributed by atoms with Gasteiger partial charge in [-0.25, -0.2) is 9.59 Å². The molecule has 0 aromatic heterocycles. The predicted octanol–water partition coefficient (Wildman–Crippen LogP) is 6.11. The third kappa shape index (κ3) is 6.98. The zero-order valence-corrected chi connectivity index (χ0v) is 25.2. The summed E-state index contributed by atoms with van der Waals surface area (Å²) < 4.78 is 16.9. The van der Waals surface area contributed by atoms with E-state index in [0.717, 1.165) is 30.6 Å². The van der Waals surface area contributed by atoms with Gasteiger partial charge >= 0.3 is 12.1 Å². The maximum atomic E-state index is 12.8. The molecule has 2 atom stereocenters. The summed E-state index contributed by atoms with van der Waals surface area (Å²) in [5.41, 5.74) is 3.25. The number of esters is 1. The van der Waals surface area contributed by atoms with Crippen LogP contribution in [0.2, 0.25) is 0 Å². The van der Waals surface area contributed by atoms with Crippen LogP contribution >= 0.6 is 0 Å². The monoisotopic (exact) mass is 550 g/mol. The summed E-state index contributed by atoms with van der Waals surface area (Å²) in [7, 11) is 5.74. The number of ether oxygens (including phenoxy) is 3. The standard InChI is InChI=1S/C33H46N2O5/c1-23-17-25(19-24-13-15-33(16-14-24,34(5)6)26-11-9-8-10-12-26)20-27(18-23)39-28-21-29(30(36)38-7)35(22-28)31(37)40-32(2,3)4/h8-12,17-18,20,24,28-29H,13-16,19,21-22H2,1-7H3/t24-,28-,29-,33-/m0/s1. The first-order valence-electron chi connectivity index (χ1n) is 14.5. The van der Waals surface area contributed by atoms with Crippen molar-refractivity contribution in [1.29, 1.82) is 0 Å². The number of hydrogen-bond donors (Lipinski definition) is 0. The van der Waals surface area contributed by atoms with Gasteiger partial charge in [-0.3, -0.25) is 9.80 Å². The lowest BCUT2D eigenvalue weighted by molar-refractivity contribution is -0.145. The maximum Gasteiger partial charge on any atom is 0.411 e. The topological polar surface area (TPSA) is 68.3 Å². The molecule has 0 spiro atoms. The van der Waals surface area contributed by atoms with Gasteiger partial charge in [0.05, 0.1) is 13.7 Å². The van der Waals surface area contributed by atoms with Crippen LogP contribution in [0.4, 0.5) is 4.79 Å². The molecule has 0 N–H and O–H groups in total. The Morgan fingerprint density at radius 2 is 1.73 bits per heavy atom. The Hall–Kier alpha value is -3.06. The van der Waals surface area contributed by atoms with Crippen LogP contribution in [-0.4, -0.2) is 67.4 Å². The van der Waals surface area contributed by atoms with Crippen molar-refractivity contribution in [2.24, 2.45) is 5.92 Å². The smallest absolute Gasteiger partial charge is 0.411 e.